The smallest absolute Gasteiger partial charge is 0.390 e. The molecule has 0 spiro atoms. The number of aliphatic hydroxyl groups excluding tert-OH is 2. The average molecular weight is 241 g/mol. The first-order valence-corrected chi connectivity index (χ1v) is 5.37. The highest BCUT2D eigenvalue weighted by atomic mass is 19.4. The number of β-amino-alcohol motifs (C(OH)–C–C–N with tert-alkyl or cyclic N) is 1. The van der Waals surface area contributed by atoms with Crippen molar-refractivity contribution in [3.05, 3.63) is 0 Å². The van der Waals surface area contributed by atoms with Crippen molar-refractivity contribution in [2.75, 3.05) is 13.1 Å². The Morgan fingerprint density at radius 2 is 1.81 bits per heavy atom. The van der Waals surface area contributed by atoms with Gasteiger partial charge in [-0.05, 0) is 12.3 Å². The molecule has 0 aromatic heterocycles. The van der Waals surface area contributed by atoms with E-state index in [9.17, 15) is 23.4 Å². The highest BCUT2D eigenvalue weighted by Crippen LogP contribution is 2.27. The van der Waals surface area contributed by atoms with Gasteiger partial charge in [0, 0.05) is 12.6 Å². The van der Waals surface area contributed by atoms with E-state index in [1.54, 1.807) is 0 Å². The van der Waals surface area contributed by atoms with Gasteiger partial charge in [-0.15, -0.1) is 0 Å². The topological polar surface area (TPSA) is 43.7 Å². The van der Waals surface area contributed by atoms with Crippen LogP contribution in [0.25, 0.3) is 0 Å². The van der Waals surface area contributed by atoms with Crippen molar-refractivity contribution in [3.63, 3.8) is 0 Å². The molecule has 16 heavy (non-hydrogen) atoms. The average Bonchev–Trinajstić information content (AvgIpc) is 2.07. The zero-order chi connectivity index (χ0) is 12.5. The van der Waals surface area contributed by atoms with Gasteiger partial charge in [-0.3, -0.25) is 4.90 Å². The fourth-order valence-electron chi connectivity index (χ4n) is 2.16. The minimum Gasteiger partial charge on any atom is -0.390 e. The predicted molar refractivity (Wildman–Crippen MR) is 52.9 cm³/mol. The Hall–Kier alpha value is -0.330. The molecule has 1 rings (SSSR count). The quantitative estimate of drug-likeness (QED) is 0.758. The lowest BCUT2D eigenvalue weighted by Gasteiger charge is -2.42. The number of likely N-dealkylation sites (tertiary alicyclic amines) is 1. The summed E-state index contributed by atoms with van der Waals surface area (Å²) in [5.41, 5.74) is 0. The summed E-state index contributed by atoms with van der Waals surface area (Å²) in [4.78, 5) is 1.21. The number of rotatable bonds is 2. The van der Waals surface area contributed by atoms with Crippen LogP contribution in [0.1, 0.15) is 20.3 Å². The summed E-state index contributed by atoms with van der Waals surface area (Å²) in [6.07, 6.45) is -6.08. The summed E-state index contributed by atoms with van der Waals surface area (Å²) in [6.45, 7) is 2.49. The van der Waals surface area contributed by atoms with Gasteiger partial charge in [0.25, 0.3) is 0 Å². The van der Waals surface area contributed by atoms with Crippen molar-refractivity contribution >= 4 is 0 Å². The van der Waals surface area contributed by atoms with Crippen LogP contribution in [-0.4, -0.2) is 52.6 Å². The molecule has 3 nitrogen and oxygen atoms in total. The summed E-state index contributed by atoms with van der Waals surface area (Å²) < 4.78 is 36.9. The third-order valence-corrected chi connectivity index (χ3v) is 2.97. The summed E-state index contributed by atoms with van der Waals surface area (Å²) in [7, 11) is 0. The Labute approximate surface area is 92.9 Å². The van der Waals surface area contributed by atoms with E-state index in [2.05, 4.69) is 0 Å². The molecular formula is C10H18F3NO2. The zero-order valence-electron chi connectivity index (χ0n) is 9.41. The first kappa shape index (κ1) is 13.7. The molecule has 0 aromatic carbocycles. The van der Waals surface area contributed by atoms with Crippen LogP contribution in [0.15, 0.2) is 0 Å². The molecule has 0 radical (unpaired) electrons. The minimum atomic E-state index is -4.27. The minimum absolute atomic E-state index is 0.0181. The highest BCUT2D eigenvalue weighted by Gasteiger charge is 2.40. The Morgan fingerprint density at radius 1 is 1.25 bits per heavy atom. The van der Waals surface area contributed by atoms with Gasteiger partial charge in [-0.2, -0.15) is 13.2 Å². The normalized spacial score (nSPS) is 33.4. The van der Waals surface area contributed by atoms with Crippen LogP contribution in [0.3, 0.4) is 0 Å². The van der Waals surface area contributed by atoms with Crippen LogP contribution in [-0.2, 0) is 0 Å². The molecule has 0 amide bonds. The van der Waals surface area contributed by atoms with Gasteiger partial charge >= 0.3 is 6.18 Å². The molecule has 2 N–H and O–H groups in total. The van der Waals surface area contributed by atoms with E-state index < -0.39 is 24.9 Å². The number of aliphatic hydroxyl groups is 2. The molecular weight excluding hydrogens is 223 g/mol. The van der Waals surface area contributed by atoms with Crippen LogP contribution in [0.4, 0.5) is 13.2 Å². The highest BCUT2D eigenvalue weighted by molar-refractivity contribution is 4.89. The number of nitrogens with zero attached hydrogens (tertiary/aromatic N) is 1. The molecule has 1 aliphatic rings. The molecule has 3 unspecified atom stereocenters. The predicted octanol–water partition coefficient (Wildman–Crippen LogP) is 1.00. The summed E-state index contributed by atoms with van der Waals surface area (Å²) in [5.74, 6) is 0.0181. The van der Waals surface area contributed by atoms with Crippen LogP contribution in [0.2, 0.25) is 0 Å². The van der Waals surface area contributed by atoms with Crippen LogP contribution >= 0.6 is 0 Å². The molecule has 0 aliphatic carbocycles. The van der Waals surface area contributed by atoms with E-state index >= 15 is 0 Å². The van der Waals surface area contributed by atoms with Gasteiger partial charge < -0.3 is 10.2 Å². The fourth-order valence-corrected chi connectivity index (χ4v) is 2.16. The maximum absolute atomic E-state index is 12.3. The third-order valence-electron chi connectivity index (χ3n) is 2.97. The number of hydrogen-bond donors (Lipinski definition) is 2. The molecule has 0 saturated carbocycles. The third kappa shape index (κ3) is 3.61. The fraction of sp³-hybridized carbons (Fsp3) is 1.00. The summed E-state index contributed by atoms with van der Waals surface area (Å²) in [5, 5.41) is 18.8. The van der Waals surface area contributed by atoms with E-state index in [4.69, 9.17) is 0 Å². The number of alkyl halides is 3. The van der Waals surface area contributed by atoms with Gasteiger partial charge in [-0.25, -0.2) is 0 Å². The lowest BCUT2D eigenvalue weighted by molar-refractivity contribution is -0.170. The van der Waals surface area contributed by atoms with Crippen LogP contribution < -0.4 is 0 Å². The summed E-state index contributed by atoms with van der Waals surface area (Å²) >= 11 is 0. The largest absolute Gasteiger partial charge is 0.401 e. The Morgan fingerprint density at radius 3 is 2.25 bits per heavy atom. The number of halogens is 3. The van der Waals surface area contributed by atoms with E-state index in [-0.39, 0.29) is 24.9 Å². The maximum Gasteiger partial charge on any atom is 0.401 e. The molecule has 1 fully saturated rings. The number of hydrogen-bond acceptors (Lipinski definition) is 3. The second-order valence-electron chi connectivity index (χ2n) is 4.73. The summed E-state index contributed by atoms with van der Waals surface area (Å²) in [6, 6.07) is -0.333. The standard InChI is InChI=1S/C10H18F3NO2/c1-6(2)7-3-8(15)9(16)4-14(7)5-10(11,12)13/h6-9,15-16H,3-5H2,1-2H3. The molecule has 1 saturated heterocycles. The van der Waals surface area contributed by atoms with E-state index in [0.29, 0.717) is 0 Å². The van der Waals surface area contributed by atoms with Gasteiger partial charge in [0.05, 0.1) is 18.8 Å². The van der Waals surface area contributed by atoms with Crippen molar-refractivity contribution in [1.29, 1.82) is 0 Å². The number of piperidine rings is 1. The molecule has 6 heteroatoms. The van der Waals surface area contributed by atoms with E-state index in [0.717, 1.165) is 0 Å². The Bertz CT molecular complexity index is 233. The molecule has 0 aromatic rings. The molecule has 1 heterocycles. The van der Waals surface area contributed by atoms with Gasteiger partial charge in [0.15, 0.2) is 0 Å². The molecule has 3 atom stereocenters. The second kappa shape index (κ2) is 4.89. The Balaban J connectivity index is 2.70. The monoisotopic (exact) mass is 241 g/mol. The zero-order valence-corrected chi connectivity index (χ0v) is 9.41. The van der Waals surface area contributed by atoms with E-state index in [1.165, 1.54) is 4.90 Å². The second-order valence-corrected chi connectivity index (χ2v) is 4.73. The van der Waals surface area contributed by atoms with Crippen molar-refractivity contribution in [2.24, 2.45) is 5.92 Å². The van der Waals surface area contributed by atoms with E-state index in [1.807, 2.05) is 13.8 Å². The van der Waals surface area contributed by atoms with Crippen LogP contribution in [0.5, 0.6) is 0 Å². The molecule has 96 valence electrons. The first-order chi connectivity index (χ1) is 7.20. The van der Waals surface area contributed by atoms with Gasteiger partial charge in [0.1, 0.15) is 0 Å². The van der Waals surface area contributed by atoms with Crippen LogP contribution in [0, 0.1) is 5.92 Å². The van der Waals surface area contributed by atoms with Crippen molar-refractivity contribution in [2.45, 2.75) is 44.7 Å². The SMILES string of the molecule is CC(C)C1CC(O)C(O)CN1CC(F)(F)F. The van der Waals surface area contributed by atoms with Crippen molar-refractivity contribution in [3.8, 4) is 0 Å². The molecule has 0 bridgehead atoms. The molecule has 1 aliphatic heterocycles. The lowest BCUT2D eigenvalue weighted by Crippen LogP contribution is -2.56. The van der Waals surface area contributed by atoms with Crippen molar-refractivity contribution in [1.82, 2.24) is 4.90 Å². The van der Waals surface area contributed by atoms with Gasteiger partial charge in [-0.1, -0.05) is 13.8 Å². The Kier molecular flexibility index (Phi) is 4.20. The van der Waals surface area contributed by atoms with Crippen molar-refractivity contribution < 1.29 is 23.4 Å². The first-order valence-electron chi connectivity index (χ1n) is 5.37. The lowest BCUT2D eigenvalue weighted by atomic mass is 9.89. The maximum atomic E-state index is 12.3. The van der Waals surface area contributed by atoms with Gasteiger partial charge in [0.2, 0.25) is 0 Å².